The van der Waals surface area contributed by atoms with Crippen LogP contribution in [-0.4, -0.2) is 28.8 Å². The van der Waals surface area contributed by atoms with Gasteiger partial charge in [-0.05, 0) is 29.8 Å². The average Bonchev–Trinajstić information content (AvgIpc) is 3.16. The summed E-state index contributed by atoms with van der Waals surface area (Å²) in [6.45, 7) is 0. The summed E-state index contributed by atoms with van der Waals surface area (Å²) in [6, 6.07) is 10.2. The number of carbonyl (C=O) groups excluding carboxylic acids is 1. The number of anilines is 1. The largest absolute Gasteiger partial charge is 0.322 e. The number of amides is 1. The highest BCUT2D eigenvalue weighted by Gasteiger charge is 2.19. The lowest BCUT2D eigenvalue weighted by molar-refractivity contribution is -0.384. The molecule has 1 heterocycles. The van der Waals surface area contributed by atoms with Gasteiger partial charge in [0.2, 0.25) is 10.0 Å². The number of primary sulfonamides is 1. The number of nitrogens with zero attached hydrogens (tertiary/aromatic N) is 3. The lowest BCUT2D eigenvalue weighted by Gasteiger charge is -2.08. The number of imidazole rings is 1. The van der Waals surface area contributed by atoms with E-state index in [9.17, 15) is 23.3 Å². The number of hydrogen-bond donors (Lipinski definition) is 2. The van der Waals surface area contributed by atoms with Gasteiger partial charge in [-0.2, -0.15) is 0 Å². The van der Waals surface area contributed by atoms with Crippen LogP contribution in [0.5, 0.6) is 0 Å². The van der Waals surface area contributed by atoms with Crippen molar-refractivity contribution >= 4 is 27.3 Å². The highest BCUT2D eigenvalue weighted by Crippen LogP contribution is 2.24. The standard InChI is InChI=1S/C17H15N5O5S/c18-28(26,27)10-12-1-4-14(5-2-12)20-17(23)13-3-6-15(16(9-13)22(24)25)21-8-7-19-11-21/h1-9,11H,10H2,(H,20,23)(H2,18,26,27). The maximum atomic E-state index is 12.4. The molecule has 0 bridgehead atoms. The highest BCUT2D eigenvalue weighted by atomic mass is 32.2. The van der Waals surface area contributed by atoms with Crippen LogP contribution in [0.25, 0.3) is 5.69 Å². The Hall–Kier alpha value is -3.57. The number of nitrogens with one attached hydrogen (secondary N) is 1. The lowest BCUT2D eigenvalue weighted by atomic mass is 10.1. The molecule has 144 valence electrons. The Balaban J connectivity index is 1.81. The third-order valence-corrected chi connectivity index (χ3v) is 4.53. The van der Waals surface area contributed by atoms with Gasteiger partial charge < -0.3 is 9.88 Å². The van der Waals surface area contributed by atoms with Crippen LogP contribution in [0.2, 0.25) is 0 Å². The van der Waals surface area contributed by atoms with E-state index in [4.69, 9.17) is 5.14 Å². The van der Waals surface area contributed by atoms with Crippen LogP contribution in [0, 0.1) is 10.1 Å². The van der Waals surface area contributed by atoms with Crippen molar-refractivity contribution < 1.29 is 18.1 Å². The summed E-state index contributed by atoms with van der Waals surface area (Å²) in [6.07, 6.45) is 4.47. The SMILES string of the molecule is NS(=O)(=O)Cc1ccc(NC(=O)c2ccc(-n3ccnc3)c([N+](=O)[O-])c2)cc1. The molecule has 10 nitrogen and oxygen atoms in total. The van der Waals surface area contributed by atoms with Crippen molar-refractivity contribution in [2.45, 2.75) is 5.75 Å². The van der Waals surface area contributed by atoms with Gasteiger partial charge in [0.25, 0.3) is 11.6 Å². The van der Waals surface area contributed by atoms with Crippen LogP contribution >= 0.6 is 0 Å². The molecule has 0 fully saturated rings. The first-order chi connectivity index (χ1) is 13.2. The van der Waals surface area contributed by atoms with Crippen molar-refractivity contribution in [1.29, 1.82) is 0 Å². The molecule has 11 heteroatoms. The third-order valence-electron chi connectivity index (χ3n) is 3.80. The second-order valence-corrected chi connectivity index (χ2v) is 7.50. The van der Waals surface area contributed by atoms with E-state index in [1.165, 1.54) is 59.6 Å². The number of hydrogen-bond acceptors (Lipinski definition) is 6. The molecule has 1 amide bonds. The fraction of sp³-hybridized carbons (Fsp3) is 0.0588. The maximum absolute atomic E-state index is 12.4. The molecule has 0 aliphatic rings. The number of benzene rings is 2. The second-order valence-electron chi connectivity index (χ2n) is 5.89. The Labute approximate surface area is 159 Å². The van der Waals surface area contributed by atoms with Crippen LogP contribution in [-0.2, 0) is 15.8 Å². The van der Waals surface area contributed by atoms with E-state index in [0.717, 1.165) is 0 Å². The first-order valence-corrected chi connectivity index (χ1v) is 9.62. The quantitative estimate of drug-likeness (QED) is 0.475. The Morgan fingerprint density at radius 3 is 2.50 bits per heavy atom. The van der Waals surface area contributed by atoms with Crippen LogP contribution in [0.1, 0.15) is 15.9 Å². The lowest BCUT2D eigenvalue weighted by Crippen LogP contribution is -2.15. The third kappa shape index (κ3) is 4.58. The predicted octanol–water partition coefficient (Wildman–Crippen LogP) is 1.82. The molecule has 3 aromatic rings. The molecule has 2 aromatic carbocycles. The first kappa shape index (κ1) is 19.2. The van der Waals surface area contributed by atoms with E-state index < -0.39 is 20.9 Å². The van der Waals surface area contributed by atoms with Crippen molar-refractivity contribution in [1.82, 2.24) is 9.55 Å². The normalized spacial score (nSPS) is 11.2. The number of rotatable bonds is 6. The molecular weight excluding hydrogens is 386 g/mol. The minimum Gasteiger partial charge on any atom is -0.322 e. The Kier molecular flexibility index (Phi) is 5.20. The number of nitro groups is 1. The minimum atomic E-state index is -3.65. The molecule has 0 aliphatic heterocycles. The van der Waals surface area contributed by atoms with E-state index in [-0.39, 0.29) is 22.7 Å². The van der Waals surface area contributed by atoms with E-state index in [1.54, 1.807) is 6.20 Å². The van der Waals surface area contributed by atoms with Gasteiger partial charge >= 0.3 is 0 Å². The monoisotopic (exact) mass is 401 g/mol. The Bertz CT molecular complexity index is 1130. The highest BCUT2D eigenvalue weighted by molar-refractivity contribution is 7.88. The molecule has 0 saturated heterocycles. The van der Waals surface area contributed by atoms with E-state index >= 15 is 0 Å². The molecule has 3 N–H and O–H groups in total. The zero-order valence-electron chi connectivity index (χ0n) is 14.3. The average molecular weight is 401 g/mol. The van der Waals surface area contributed by atoms with Crippen LogP contribution in [0.4, 0.5) is 11.4 Å². The number of sulfonamides is 1. The fourth-order valence-corrected chi connectivity index (χ4v) is 3.21. The van der Waals surface area contributed by atoms with Crippen LogP contribution in [0.15, 0.2) is 61.2 Å². The number of nitro benzene ring substituents is 1. The van der Waals surface area contributed by atoms with Gasteiger partial charge in [0.05, 0.1) is 17.0 Å². The number of carbonyl (C=O) groups is 1. The summed E-state index contributed by atoms with van der Waals surface area (Å²) in [7, 11) is -3.65. The van der Waals surface area contributed by atoms with Crippen molar-refractivity contribution in [3.05, 3.63) is 82.4 Å². The molecule has 0 atom stereocenters. The van der Waals surface area contributed by atoms with Gasteiger partial charge in [-0.15, -0.1) is 0 Å². The molecule has 3 rings (SSSR count). The molecule has 1 aromatic heterocycles. The fourth-order valence-electron chi connectivity index (χ4n) is 2.55. The summed E-state index contributed by atoms with van der Waals surface area (Å²) < 4.78 is 23.7. The summed E-state index contributed by atoms with van der Waals surface area (Å²) in [5.41, 5.74) is 1.02. The molecule has 0 aliphatic carbocycles. The first-order valence-electron chi connectivity index (χ1n) is 7.90. The molecule has 0 spiro atoms. The molecule has 0 radical (unpaired) electrons. The van der Waals surface area contributed by atoms with E-state index in [2.05, 4.69) is 10.3 Å². The van der Waals surface area contributed by atoms with Crippen LogP contribution < -0.4 is 10.5 Å². The summed E-state index contributed by atoms with van der Waals surface area (Å²) in [5, 5.41) is 19.0. The molecule has 0 saturated carbocycles. The molecular formula is C17H15N5O5S. The van der Waals surface area contributed by atoms with Gasteiger partial charge in [0, 0.05) is 29.7 Å². The number of nitrogens with two attached hydrogens (primary N) is 1. The van der Waals surface area contributed by atoms with Crippen LogP contribution in [0.3, 0.4) is 0 Å². The maximum Gasteiger partial charge on any atom is 0.294 e. The summed E-state index contributed by atoms with van der Waals surface area (Å²) in [4.78, 5) is 27.1. The Morgan fingerprint density at radius 2 is 1.93 bits per heavy atom. The van der Waals surface area contributed by atoms with Gasteiger partial charge in [0.15, 0.2) is 0 Å². The zero-order chi connectivity index (χ0) is 20.3. The molecule has 28 heavy (non-hydrogen) atoms. The summed E-state index contributed by atoms with van der Waals surface area (Å²) in [5.74, 6) is -0.858. The van der Waals surface area contributed by atoms with Gasteiger partial charge in [0.1, 0.15) is 5.69 Å². The van der Waals surface area contributed by atoms with E-state index in [0.29, 0.717) is 11.3 Å². The number of aromatic nitrogens is 2. The van der Waals surface area contributed by atoms with Crippen molar-refractivity contribution in [3.63, 3.8) is 0 Å². The van der Waals surface area contributed by atoms with Gasteiger partial charge in [-0.25, -0.2) is 18.5 Å². The van der Waals surface area contributed by atoms with Gasteiger partial charge in [-0.1, -0.05) is 12.1 Å². The van der Waals surface area contributed by atoms with Crippen molar-refractivity contribution in [2.75, 3.05) is 5.32 Å². The minimum absolute atomic E-state index is 0.101. The van der Waals surface area contributed by atoms with E-state index in [1.807, 2.05) is 0 Å². The van der Waals surface area contributed by atoms with Gasteiger partial charge in [-0.3, -0.25) is 14.9 Å². The smallest absolute Gasteiger partial charge is 0.294 e. The predicted molar refractivity (Wildman–Crippen MR) is 101 cm³/mol. The Morgan fingerprint density at radius 1 is 1.21 bits per heavy atom. The van der Waals surface area contributed by atoms with Crippen molar-refractivity contribution in [2.24, 2.45) is 5.14 Å². The summed E-state index contributed by atoms with van der Waals surface area (Å²) >= 11 is 0. The zero-order valence-corrected chi connectivity index (χ0v) is 15.2. The van der Waals surface area contributed by atoms with Crippen molar-refractivity contribution in [3.8, 4) is 5.69 Å². The topological polar surface area (TPSA) is 150 Å². The second kappa shape index (κ2) is 7.58. The molecule has 0 unspecified atom stereocenters.